The van der Waals surface area contributed by atoms with E-state index in [1.54, 1.807) is 16.7 Å². The number of carbonyl (C=O) groups is 1. The van der Waals surface area contributed by atoms with Crippen LogP contribution in [0.3, 0.4) is 0 Å². The van der Waals surface area contributed by atoms with Crippen LogP contribution in [0.2, 0.25) is 0 Å². The molecule has 6 nitrogen and oxygen atoms in total. The summed E-state index contributed by atoms with van der Waals surface area (Å²) in [6.07, 6.45) is 0.760. The van der Waals surface area contributed by atoms with Crippen LogP contribution >= 0.6 is 0 Å². The second kappa shape index (κ2) is 10.9. The Balaban J connectivity index is 1.78. The lowest BCUT2D eigenvalue weighted by Gasteiger charge is -2.23. The number of aromatic nitrogens is 2. The van der Waals surface area contributed by atoms with E-state index in [1.807, 2.05) is 68.6 Å². The van der Waals surface area contributed by atoms with E-state index in [-0.39, 0.29) is 18.3 Å². The number of para-hydroxylation sites is 2. The highest BCUT2D eigenvalue weighted by Gasteiger charge is 2.25. The van der Waals surface area contributed by atoms with Crippen molar-refractivity contribution in [2.75, 3.05) is 13.7 Å². The zero-order valence-corrected chi connectivity index (χ0v) is 20.1. The van der Waals surface area contributed by atoms with Gasteiger partial charge in [0.05, 0.1) is 19.2 Å². The van der Waals surface area contributed by atoms with Gasteiger partial charge >= 0.3 is 0 Å². The molecule has 0 aliphatic carbocycles. The van der Waals surface area contributed by atoms with E-state index in [1.165, 1.54) is 24.3 Å². The van der Waals surface area contributed by atoms with Crippen molar-refractivity contribution in [3.8, 4) is 28.6 Å². The van der Waals surface area contributed by atoms with Gasteiger partial charge in [0.25, 0.3) is 5.91 Å². The smallest absolute Gasteiger partial charge is 0.254 e. The van der Waals surface area contributed by atoms with E-state index in [0.29, 0.717) is 29.5 Å². The number of ether oxygens (including phenoxy) is 2. The topological polar surface area (TPSA) is 56.6 Å². The van der Waals surface area contributed by atoms with Gasteiger partial charge in [-0.15, -0.1) is 0 Å². The van der Waals surface area contributed by atoms with Crippen molar-refractivity contribution in [3.05, 3.63) is 95.8 Å². The van der Waals surface area contributed by atoms with Crippen molar-refractivity contribution >= 4 is 5.91 Å². The molecule has 0 atom stereocenters. The molecule has 180 valence electrons. The zero-order valence-electron chi connectivity index (χ0n) is 20.1. The summed E-state index contributed by atoms with van der Waals surface area (Å²) in [5.41, 5.74) is 2.84. The largest absolute Gasteiger partial charge is 0.493 e. The van der Waals surface area contributed by atoms with Crippen molar-refractivity contribution in [2.45, 2.75) is 19.9 Å². The van der Waals surface area contributed by atoms with Crippen molar-refractivity contribution in [2.24, 2.45) is 7.05 Å². The molecule has 0 fully saturated rings. The Morgan fingerprint density at radius 1 is 0.971 bits per heavy atom. The first kappa shape index (κ1) is 24.0. The molecule has 1 aromatic heterocycles. The third-order valence-electron chi connectivity index (χ3n) is 5.63. The van der Waals surface area contributed by atoms with Gasteiger partial charge in [-0.05, 0) is 42.8 Å². The molecule has 4 aromatic rings. The number of aryl methyl sites for hydroxylation is 1. The quantitative estimate of drug-likeness (QED) is 0.296. The van der Waals surface area contributed by atoms with Gasteiger partial charge in [0.1, 0.15) is 11.5 Å². The molecule has 1 heterocycles. The maximum atomic E-state index is 13.4. The Bertz CT molecular complexity index is 1290. The van der Waals surface area contributed by atoms with Crippen LogP contribution in [-0.2, 0) is 13.6 Å². The summed E-state index contributed by atoms with van der Waals surface area (Å²) in [4.78, 5) is 15.1. The average Bonchev–Trinajstić information content (AvgIpc) is 3.19. The fourth-order valence-corrected chi connectivity index (χ4v) is 3.95. The summed E-state index contributed by atoms with van der Waals surface area (Å²) in [6, 6.07) is 22.8. The highest BCUT2D eigenvalue weighted by molar-refractivity contribution is 5.94. The van der Waals surface area contributed by atoms with Gasteiger partial charge in [0.15, 0.2) is 11.5 Å². The summed E-state index contributed by atoms with van der Waals surface area (Å²) in [5, 5.41) is 4.75. The normalized spacial score (nSPS) is 10.7. The number of halogens is 1. The molecule has 3 aromatic carbocycles. The average molecular weight is 474 g/mol. The number of nitrogens with zero attached hydrogens (tertiary/aromatic N) is 3. The van der Waals surface area contributed by atoms with E-state index in [0.717, 1.165) is 23.2 Å². The number of carbonyl (C=O) groups excluding carboxylic acids is 1. The molecule has 0 saturated carbocycles. The fourth-order valence-electron chi connectivity index (χ4n) is 3.95. The van der Waals surface area contributed by atoms with Crippen LogP contribution in [-0.4, -0.2) is 34.2 Å². The summed E-state index contributed by atoms with van der Waals surface area (Å²) in [5.74, 6) is 1.09. The van der Waals surface area contributed by atoms with E-state index in [9.17, 15) is 9.18 Å². The third kappa shape index (κ3) is 5.35. The number of hydrogen-bond donors (Lipinski definition) is 0. The molecule has 0 aliphatic heterocycles. The standard InChI is InChI=1S/C28H28FN3O3/c1-4-18-32(27(33)21-14-16-22(29)17-15-21)19-23-26(20-10-6-5-7-11-20)30-31(2)28(23)35-25-13-9-8-12-24(25)34-3/h5-17H,4,18-19H2,1-3H3. The number of methoxy groups -OCH3 is 1. The first-order chi connectivity index (χ1) is 17.0. The highest BCUT2D eigenvalue weighted by Crippen LogP contribution is 2.37. The summed E-state index contributed by atoms with van der Waals surface area (Å²) >= 11 is 0. The van der Waals surface area contributed by atoms with Crippen molar-refractivity contribution < 1.29 is 18.7 Å². The van der Waals surface area contributed by atoms with Crippen molar-refractivity contribution in [1.82, 2.24) is 14.7 Å². The number of amides is 1. The van der Waals surface area contributed by atoms with E-state index in [4.69, 9.17) is 14.6 Å². The van der Waals surface area contributed by atoms with Gasteiger partial charge in [-0.3, -0.25) is 4.79 Å². The Morgan fingerprint density at radius 3 is 2.29 bits per heavy atom. The SMILES string of the molecule is CCCN(Cc1c(-c2ccccc2)nn(C)c1Oc1ccccc1OC)C(=O)c1ccc(F)cc1. The van der Waals surface area contributed by atoms with E-state index >= 15 is 0 Å². The lowest BCUT2D eigenvalue weighted by molar-refractivity contribution is 0.0742. The second-order valence-corrected chi connectivity index (χ2v) is 8.11. The van der Waals surface area contributed by atoms with E-state index in [2.05, 4.69) is 0 Å². The van der Waals surface area contributed by atoms with Gasteiger partial charge in [0.2, 0.25) is 5.88 Å². The van der Waals surface area contributed by atoms with Gasteiger partial charge in [0, 0.05) is 24.7 Å². The summed E-state index contributed by atoms with van der Waals surface area (Å²) in [6.45, 7) is 2.80. The number of hydrogen-bond acceptors (Lipinski definition) is 4. The maximum absolute atomic E-state index is 13.4. The molecule has 0 spiro atoms. The van der Waals surface area contributed by atoms with Gasteiger partial charge in [-0.2, -0.15) is 5.10 Å². The van der Waals surface area contributed by atoms with Crippen molar-refractivity contribution in [1.29, 1.82) is 0 Å². The highest BCUT2D eigenvalue weighted by atomic mass is 19.1. The minimum atomic E-state index is -0.380. The molecule has 7 heteroatoms. The monoisotopic (exact) mass is 473 g/mol. The minimum Gasteiger partial charge on any atom is -0.493 e. The molecular formula is C28H28FN3O3. The van der Waals surface area contributed by atoms with Gasteiger partial charge < -0.3 is 14.4 Å². The molecule has 0 bridgehead atoms. The molecule has 0 radical (unpaired) electrons. The first-order valence-electron chi connectivity index (χ1n) is 11.5. The van der Waals surface area contributed by atoms with E-state index < -0.39 is 0 Å². The molecule has 0 unspecified atom stereocenters. The zero-order chi connectivity index (χ0) is 24.8. The lowest BCUT2D eigenvalue weighted by Crippen LogP contribution is -2.31. The summed E-state index contributed by atoms with van der Waals surface area (Å²) in [7, 11) is 3.40. The first-order valence-corrected chi connectivity index (χ1v) is 11.5. The Labute approximate surface area is 204 Å². The maximum Gasteiger partial charge on any atom is 0.254 e. The van der Waals surface area contributed by atoms with Crippen LogP contribution in [0.15, 0.2) is 78.9 Å². The third-order valence-corrected chi connectivity index (χ3v) is 5.63. The van der Waals surface area contributed by atoms with Gasteiger partial charge in [-0.1, -0.05) is 49.4 Å². The fraction of sp³-hybridized carbons (Fsp3) is 0.214. The minimum absolute atomic E-state index is 0.182. The summed E-state index contributed by atoms with van der Waals surface area (Å²) < 4.78 is 26.9. The molecule has 1 amide bonds. The molecule has 4 rings (SSSR count). The lowest BCUT2D eigenvalue weighted by atomic mass is 10.1. The number of rotatable bonds is 9. The Morgan fingerprint density at radius 2 is 1.63 bits per heavy atom. The predicted molar refractivity (Wildman–Crippen MR) is 133 cm³/mol. The Hall–Kier alpha value is -4.13. The predicted octanol–water partition coefficient (Wildman–Crippen LogP) is 6.08. The molecular weight excluding hydrogens is 445 g/mol. The Kier molecular flexibility index (Phi) is 7.45. The van der Waals surface area contributed by atoms with Crippen LogP contribution in [0.1, 0.15) is 29.3 Å². The molecule has 0 N–H and O–H groups in total. The van der Waals surface area contributed by atoms with Crippen LogP contribution < -0.4 is 9.47 Å². The second-order valence-electron chi connectivity index (χ2n) is 8.11. The molecule has 0 aliphatic rings. The van der Waals surface area contributed by atoms with Crippen LogP contribution in [0.4, 0.5) is 4.39 Å². The molecule has 0 saturated heterocycles. The molecule has 35 heavy (non-hydrogen) atoms. The number of benzene rings is 3. The van der Waals surface area contributed by atoms with Crippen LogP contribution in [0.5, 0.6) is 17.4 Å². The van der Waals surface area contributed by atoms with Crippen molar-refractivity contribution in [3.63, 3.8) is 0 Å². The van der Waals surface area contributed by atoms with Crippen LogP contribution in [0.25, 0.3) is 11.3 Å². The van der Waals surface area contributed by atoms with Crippen LogP contribution in [0, 0.1) is 5.82 Å². The van der Waals surface area contributed by atoms with Gasteiger partial charge in [-0.25, -0.2) is 9.07 Å².